The number of methoxy groups -OCH3 is 1. The number of para-hydroxylation sites is 1. The van der Waals surface area contributed by atoms with E-state index >= 15 is 0 Å². The summed E-state index contributed by atoms with van der Waals surface area (Å²) in [6, 6.07) is 21.5. The number of carbonyl (C=O) groups excluding carboxylic acids is 2. The Balaban J connectivity index is 1.57. The summed E-state index contributed by atoms with van der Waals surface area (Å²) in [7, 11) is 1.32. The van der Waals surface area contributed by atoms with E-state index in [0.717, 1.165) is 5.56 Å². The lowest BCUT2D eigenvalue weighted by Gasteiger charge is -2.09. The summed E-state index contributed by atoms with van der Waals surface area (Å²) in [5.41, 5.74) is 2.34. The van der Waals surface area contributed by atoms with Gasteiger partial charge in [0, 0.05) is 27.7 Å². The molecule has 0 saturated heterocycles. The van der Waals surface area contributed by atoms with Gasteiger partial charge in [-0.3, -0.25) is 9.36 Å². The number of aromatic nitrogens is 1. The van der Waals surface area contributed by atoms with Crippen LogP contribution in [0.4, 0.5) is 0 Å². The predicted molar refractivity (Wildman–Crippen MR) is 115 cm³/mol. The first kappa shape index (κ1) is 19.7. The zero-order valence-electron chi connectivity index (χ0n) is 16.2. The maximum atomic E-state index is 13.1. The molecule has 0 radical (unpaired) electrons. The van der Waals surface area contributed by atoms with Gasteiger partial charge in [0.1, 0.15) is 12.4 Å². The summed E-state index contributed by atoms with van der Waals surface area (Å²) >= 11 is 6.15. The number of benzene rings is 3. The van der Waals surface area contributed by atoms with Gasteiger partial charge < -0.3 is 9.47 Å². The van der Waals surface area contributed by atoms with Gasteiger partial charge in [0.05, 0.1) is 18.2 Å². The van der Waals surface area contributed by atoms with Crippen LogP contribution in [0.2, 0.25) is 5.02 Å². The van der Waals surface area contributed by atoms with Gasteiger partial charge in [-0.1, -0.05) is 48.0 Å². The molecule has 1 aromatic heterocycles. The second-order valence-electron chi connectivity index (χ2n) is 6.63. The van der Waals surface area contributed by atoms with E-state index in [1.165, 1.54) is 17.9 Å². The Labute approximate surface area is 178 Å². The summed E-state index contributed by atoms with van der Waals surface area (Å²) in [6.07, 6.45) is 1.51. The topological polar surface area (TPSA) is 57.5 Å². The highest BCUT2D eigenvalue weighted by molar-refractivity contribution is 6.31. The van der Waals surface area contributed by atoms with Crippen LogP contribution in [0.1, 0.15) is 26.3 Å². The third-order valence-corrected chi connectivity index (χ3v) is 5.16. The molecule has 0 saturated carbocycles. The summed E-state index contributed by atoms with van der Waals surface area (Å²) in [5.74, 6) is -0.112. The molecule has 0 aliphatic heterocycles. The van der Waals surface area contributed by atoms with Gasteiger partial charge in [0.2, 0.25) is 0 Å². The lowest BCUT2D eigenvalue weighted by Crippen LogP contribution is -2.11. The molecule has 0 amide bonds. The van der Waals surface area contributed by atoms with Crippen molar-refractivity contribution in [3.8, 4) is 5.75 Å². The Morgan fingerprint density at radius 2 is 1.63 bits per heavy atom. The van der Waals surface area contributed by atoms with E-state index in [1.54, 1.807) is 36.4 Å². The molecule has 0 aliphatic carbocycles. The minimum Gasteiger partial charge on any atom is -0.489 e. The first-order chi connectivity index (χ1) is 14.6. The Bertz CT molecular complexity index is 1230. The highest BCUT2D eigenvalue weighted by Gasteiger charge is 2.19. The third-order valence-electron chi connectivity index (χ3n) is 4.79. The second kappa shape index (κ2) is 8.43. The molecule has 6 heteroatoms. The maximum absolute atomic E-state index is 13.1. The molecule has 0 aliphatic rings. The SMILES string of the molecule is COC(=O)c1cn(C(=O)c2ccc(OCc3ccccc3Cl)cc2)c2ccccc12. The van der Waals surface area contributed by atoms with Crippen LogP contribution in [-0.4, -0.2) is 23.6 Å². The number of carbonyl (C=O) groups is 2. The van der Waals surface area contributed by atoms with E-state index in [4.69, 9.17) is 21.1 Å². The number of rotatable bonds is 5. The van der Waals surface area contributed by atoms with Gasteiger partial charge in [-0.05, 0) is 36.4 Å². The van der Waals surface area contributed by atoms with Crippen LogP contribution in [0, 0.1) is 0 Å². The predicted octanol–water partition coefficient (Wildman–Crippen LogP) is 5.35. The molecule has 0 N–H and O–H groups in total. The van der Waals surface area contributed by atoms with Crippen molar-refractivity contribution < 1.29 is 19.1 Å². The van der Waals surface area contributed by atoms with E-state index in [1.807, 2.05) is 36.4 Å². The maximum Gasteiger partial charge on any atom is 0.340 e. The van der Waals surface area contributed by atoms with Crippen LogP contribution in [0.25, 0.3) is 10.9 Å². The molecule has 1 heterocycles. The van der Waals surface area contributed by atoms with E-state index in [9.17, 15) is 9.59 Å². The normalized spacial score (nSPS) is 10.7. The first-order valence-corrected chi connectivity index (χ1v) is 9.65. The van der Waals surface area contributed by atoms with Crippen molar-refractivity contribution >= 4 is 34.4 Å². The van der Waals surface area contributed by atoms with Gasteiger partial charge >= 0.3 is 5.97 Å². The molecule has 30 heavy (non-hydrogen) atoms. The van der Waals surface area contributed by atoms with Crippen molar-refractivity contribution in [1.82, 2.24) is 4.57 Å². The van der Waals surface area contributed by atoms with Gasteiger partial charge in [-0.25, -0.2) is 4.79 Å². The van der Waals surface area contributed by atoms with Crippen LogP contribution in [0.5, 0.6) is 5.75 Å². The molecule has 3 aromatic carbocycles. The van der Waals surface area contributed by atoms with Gasteiger partial charge in [0.25, 0.3) is 5.91 Å². The Morgan fingerprint density at radius 3 is 2.37 bits per heavy atom. The molecular weight excluding hydrogens is 402 g/mol. The highest BCUT2D eigenvalue weighted by atomic mass is 35.5. The van der Waals surface area contributed by atoms with Crippen molar-refractivity contribution in [2.75, 3.05) is 7.11 Å². The van der Waals surface area contributed by atoms with Crippen LogP contribution in [0.3, 0.4) is 0 Å². The molecule has 0 atom stereocenters. The third kappa shape index (κ3) is 3.80. The number of fused-ring (bicyclic) bond motifs is 1. The Hall–Kier alpha value is -3.57. The van der Waals surface area contributed by atoms with E-state index in [2.05, 4.69) is 0 Å². The van der Waals surface area contributed by atoms with Crippen molar-refractivity contribution in [3.05, 3.63) is 101 Å². The smallest absolute Gasteiger partial charge is 0.340 e. The molecule has 5 nitrogen and oxygen atoms in total. The lowest BCUT2D eigenvalue weighted by molar-refractivity contribution is 0.0603. The number of hydrogen-bond donors (Lipinski definition) is 0. The summed E-state index contributed by atoms with van der Waals surface area (Å²) < 4.78 is 12.1. The average Bonchev–Trinajstić information content (AvgIpc) is 3.18. The van der Waals surface area contributed by atoms with E-state index in [0.29, 0.717) is 39.4 Å². The summed E-state index contributed by atoms with van der Waals surface area (Å²) in [4.78, 5) is 25.2. The van der Waals surface area contributed by atoms with Crippen LogP contribution >= 0.6 is 11.6 Å². The highest BCUT2D eigenvalue weighted by Crippen LogP contribution is 2.24. The number of hydrogen-bond acceptors (Lipinski definition) is 4. The van der Waals surface area contributed by atoms with Gasteiger partial charge in [-0.2, -0.15) is 0 Å². The van der Waals surface area contributed by atoms with Crippen LogP contribution < -0.4 is 4.74 Å². The van der Waals surface area contributed by atoms with Crippen molar-refractivity contribution in [3.63, 3.8) is 0 Å². The lowest BCUT2D eigenvalue weighted by atomic mass is 10.2. The minimum absolute atomic E-state index is 0.251. The minimum atomic E-state index is -0.485. The largest absolute Gasteiger partial charge is 0.489 e. The average molecular weight is 420 g/mol. The first-order valence-electron chi connectivity index (χ1n) is 9.28. The molecule has 0 spiro atoms. The molecular formula is C24H18ClNO4. The molecule has 0 unspecified atom stereocenters. The standard InChI is InChI=1S/C24H18ClNO4/c1-29-24(28)20-14-26(22-9-5-3-7-19(20)22)23(27)16-10-12-18(13-11-16)30-15-17-6-2-4-8-21(17)25/h2-14H,15H2,1H3. The van der Waals surface area contributed by atoms with E-state index < -0.39 is 5.97 Å². The van der Waals surface area contributed by atoms with Gasteiger partial charge in [0.15, 0.2) is 0 Å². The van der Waals surface area contributed by atoms with Crippen molar-refractivity contribution in [2.24, 2.45) is 0 Å². The molecule has 4 rings (SSSR count). The van der Waals surface area contributed by atoms with E-state index in [-0.39, 0.29) is 5.91 Å². The molecule has 150 valence electrons. The van der Waals surface area contributed by atoms with Crippen LogP contribution in [-0.2, 0) is 11.3 Å². The van der Waals surface area contributed by atoms with Crippen LogP contribution in [0.15, 0.2) is 79.0 Å². The molecule has 4 aromatic rings. The number of halogens is 1. The monoisotopic (exact) mass is 419 g/mol. The zero-order valence-corrected chi connectivity index (χ0v) is 16.9. The number of nitrogens with zero attached hydrogens (tertiary/aromatic N) is 1. The Kier molecular flexibility index (Phi) is 5.55. The molecule has 0 bridgehead atoms. The molecule has 0 fully saturated rings. The quantitative estimate of drug-likeness (QED) is 0.409. The van der Waals surface area contributed by atoms with Gasteiger partial charge in [-0.15, -0.1) is 0 Å². The summed E-state index contributed by atoms with van der Waals surface area (Å²) in [5, 5.41) is 1.31. The summed E-state index contributed by atoms with van der Waals surface area (Å²) in [6.45, 7) is 0.331. The van der Waals surface area contributed by atoms with Crippen molar-refractivity contribution in [2.45, 2.75) is 6.61 Å². The fourth-order valence-corrected chi connectivity index (χ4v) is 3.42. The van der Waals surface area contributed by atoms with Crippen molar-refractivity contribution in [1.29, 1.82) is 0 Å². The second-order valence-corrected chi connectivity index (χ2v) is 7.04. The Morgan fingerprint density at radius 1 is 0.933 bits per heavy atom. The fraction of sp³-hybridized carbons (Fsp3) is 0.0833. The number of esters is 1. The fourth-order valence-electron chi connectivity index (χ4n) is 3.23. The number of ether oxygens (including phenoxy) is 2. The zero-order chi connectivity index (χ0) is 21.1.